The number of rotatable bonds is 7. The van der Waals surface area contributed by atoms with Crippen LogP contribution in [0.2, 0.25) is 0 Å². The summed E-state index contributed by atoms with van der Waals surface area (Å²) >= 11 is 3.25. The largest absolute Gasteiger partial charge is 0.354 e. The lowest BCUT2D eigenvalue weighted by atomic mass is 10.2. The lowest BCUT2D eigenvalue weighted by molar-refractivity contribution is -0.122. The van der Waals surface area contributed by atoms with Crippen molar-refractivity contribution in [3.8, 4) is 0 Å². The first-order chi connectivity index (χ1) is 15.4. The van der Waals surface area contributed by atoms with Crippen LogP contribution in [-0.4, -0.2) is 44.2 Å². The predicted molar refractivity (Wildman–Crippen MR) is 126 cm³/mol. The maximum absolute atomic E-state index is 13.0. The molecule has 3 aromatic rings. The number of hydrogen-bond acceptors (Lipinski definition) is 6. The molecule has 32 heavy (non-hydrogen) atoms. The maximum Gasteiger partial charge on any atom is 0.256 e. The van der Waals surface area contributed by atoms with Crippen LogP contribution in [-0.2, 0) is 20.6 Å². The molecule has 1 aliphatic rings. The fraction of sp³-hybridized carbons (Fsp3) is 0.182. The number of carbonyl (C=O) groups is 2. The Morgan fingerprint density at radius 3 is 2.75 bits per heavy atom. The number of carbonyl (C=O) groups excluding carboxylic acids is 2. The van der Waals surface area contributed by atoms with Crippen LogP contribution in [0.25, 0.3) is 0 Å². The number of thiophene rings is 1. The minimum atomic E-state index is -3.84. The summed E-state index contributed by atoms with van der Waals surface area (Å²) in [6.45, 7) is 0.266. The van der Waals surface area contributed by atoms with Crippen molar-refractivity contribution in [2.45, 2.75) is 15.5 Å². The third kappa shape index (κ3) is 5.21. The summed E-state index contributed by atoms with van der Waals surface area (Å²) in [5.41, 5.74) is 0.894. The highest BCUT2D eigenvalue weighted by Gasteiger charge is 2.29. The zero-order valence-corrected chi connectivity index (χ0v) is 19.4. The van der Waals surface area contributed by atoms with Crippen molar-refractivity contribution in [2.75, 3.05) is 25.0 Å². The molecule has 1 fully saturated rings. The Morgan fingerprint density at radius 2 is 1.97 bits per heavy atom. The molecule has 0 spiro atoms. The average Bonchev–Trinajstić information content (AvgIpc) is 3.32. The number of piperazine rings is 1. The molecule has 0 unspecified atom stereocenters. The molecule has 0 radical (unpaired) electrons. The number of thioether (sulfide) groups is 1. The molecule has 4 rings (SSSR count). The number of sulfonamides is 1. The van der Waals surface area contributed by atoms with Crippen LogP contribution in [0, 0.1) is 0 Å². The van der Waals surface area contributed by atoms with Crippen molar-refractivity contribution in [1.29, 1.82) is 0 Å². The van der Waals surface area contributed by atoms with E-state index in [4.69, 9.17) is 0 Å². The van der Waals surface area contributed by atoms with Gasteiger partial charge in [0.25, 0.3) is 5.91 Å². The number of nitrogens with zero attached hydrogens (tertiary/aromatic N) is 1. The molecule has 2 heterocycles. The van der Waals surface area contributed by atoms with Crippen molar-refractivity contribution in [1.82, 2.24) is 9.62 Å². The Bertz CT molecular complexity index is 1230. The Kier molecular flexibility index (Phi) is 6.95. The van der Waals surface area contributed by atoms with Crippen molar-refractivity contribution in [2.24, 2.45) is 0 Å². The first-order valence-electron chi connectivity index (χ1n) is 9.86. The van der Waals surface area contributed by atoms with Gasteiger partial charge < -0.3 is 10.6 Å². The van der Waals surface area contributed by atoms with E-state index in [9.17, 15) is 18.0 Å². The molecule has 0 atom stereocenters. The molecular formula is C22H21N3O4S3. The number of benzene rings is 2. The van der Waals surface area contributed by atoms with E-state index in [1.807, 2.05) is 23.6 Å². The van der Waals surface area contributed by atoms with E-state index in [1.54, 1.807) is 47.4 Å². The minimum absolute atomic E-state index is 0.0327. The fourth-order valence-electron chi connectivity index (χ4n) is 3.23. The van der Waals surface area contributed by atoms with Gasteiger partial charge in [0, 0.05) is 34.3 Å². The summed E-state index contributed by atoms with van der Waals surface area (Å²) in [7, 11) is -3.84. The highest BCUT2D eigenvalue weighted by molar-refractivity contribution is 7.98. The van der Waals surface area contributed by atoms with E-state index in [0.29, 0.717) is 11.3 Å². The van der Waals surface area contributed by atoms with Crippen molar-refractivity contribution < 1.29 is 18.0 Å². The van der Waals surface area contributed by atoms with Gasteiger partial charge in [-0.15, -0.1) is 23.1 Å². The third-order valence-electron chi connectivity index (χ3n) is 4.81. The van der Waals surface area contributed by atoms with Gasteiger partial charge in [0.1, 0.15) is 0 Å². The summed E-state index contributed by atoms with van der Waals surface area (Å²) in [5, 5.41) is 7.44. The normalized spacial score (nSPS) is 14.7. The van der Waals surface area contributed by atoms with Gasteiger partial charge in [-0.05, 0) is 41.8 Å². The highest BCUT2D eigenvalue weighted by Crippen LogP contribution is 2.29. The van der Waals surface area contributed by atoms with Crippen LogP contribution in [0.4, 0.5) is 5.69 Å². The van der Waals surface area contributed by atoms with Gasteiger partial charge >= 0.3 is 0 Å². The molecule has 0 bridgehead atoms. The third-order valence-corrected chi connectivity index (χ3v) is 8.84. The molecule has 2 amide bonds. The Morgan fingerprint density at radius 1 is 1.12 bits per heavy atom. The van der Waals surface area contributed by atoms with Gasteiger partial charge in [0.05, 0.1) is 17.0 Å². The van der Waals surface area contributed by atoms with Gasteiger partial charge in [-0.1, -0.05) is 24.3 Å². The van der Waals surface area contributed by atoms with Gasteiger partial charge in [0.15, 0.2) is 0 Å². The molecule has 10 heteroatoms. The molecule has 0 aliphatic carbocycles. The zero-order chi connectivity index (χ0) is 22.6. The second kappa shape index (κ2) is 9.86. The van der Waals surface area contributed by atoms with Crippen LogP contribution in [0.15, 0.2) is 75.8 Å². The first kappa shape index (κ1) is 22.5. The monoisotopic (exact) mass is 487 g/mol. The Balaban J connectivity index is 1.50. The Hall–Kier alpha value is -2.66. The summed E-state index contributed by atoms with van der Waals surface area (Å²) in [5.74, 6) is 0.117. The van der Waals surface area contributed by atoms with E-state index < -0.39 is 10.0 Å². The van der Waals surface area contributed by atoms with Crippen LogP contribution < -0.4 is 10.6 Å². The first-order valence-corrected chi connectivity index (χ1v) is 13.2. The molecule has 7 nitrogen and oxygen atoms in total. The number of nitrogens with one attached hydrogen (secondary N) is 2. The average molecular weight is 488 g/mol. The standard InChI is InChI=1S/C22H21N3O4S3/c26-21-14-25(11-10-23-21)32(28,29)18-7-3-5-16(13-18)24-22(27)19-8-1-2-9-20(19)31-15-17-6-4-12-30-17/h1-9,12-13H,10-11,14-15H2,(H,23,26)(H,24,27). The number of hydrogen-bond donors (Lipinski definition) is 2. The van der Waals surface area contributed by atoms with Crippen LogP contribution in [0.1, 0.15) is 15.2 Å². The zero-order valence-electron chi connectivity index (χ0n) is 17.0. The second-order valence-corrected chi connectivity index (χ2v) is 11.0. The van der Waals surface area contributed by atoms with Crippen LogP contribution in [0.5, 0.6) is 0 Å². The second-order valence-electron chi connectivity index (χ2n) is 7.03. The minimum Gasteiger partial charge on any atom is -0.354 e. The van der Waals surface area contributed by atoms with Gasteiger partial charge in [-0.2, -0.15) is 4.31 Å². The SMILES string of the molecule is O=C1CN(S(=O)(=O)c2cccc(NC(=O)c3ccccc3SCc3cccs3)c2)CCN1. The molecule has 166 valence electrons. The summed E-state index contributed by atoms with van der Waals surface area (Å²) in [6, 6.07) is 17.5. The van der Waals surface area contributed by atoms with E-state index in [-0.39, 0.29) is 36.3 Å². The fourth-order valence-corrected chi connectivity index (χ4v) is 6.49. The molecular weight excluding hydrogens is 466 g/mol. The van der Waals surface area contributed by atoms with E-state index >= 15 is 0 Å². The quantitative estimate of drug-likeness (QED) is 0.498. The Labute approximate surface area is 194 Å². The van der Waals surface area contributed by atoms with Crippen LogP contribution >= 0.6 is 23.1 Å². The topological polar surface area (TPSA) is 95.6 Å². The molecule has 2 aromatic carbocycles. The summed E-state index contributed by atoms with van der Waals surface area (Å²) in [6.07, 6.45) is 0. The number of amides is 2. The highest BCUT2D eigenvalue weighted by atomic mass is 32.2. The van der Waals surface area contributed by atoms with E-state index in [2.05, 4.69) is 16.7 Å². The lowest BCUT2D eigenvalue weighted by Gasteiger charge is -2.26. The molecule has 1 aliphatic heterocycles. The smallest absolute Gasteiger partial charge is 0.256 e. The lowest BCUT2D eigenvalue weighted by Crippen LogP contribution is -2.49. The van der Waals surface area contributed by atoms with Crippen molar-refractivity contribution >= 4 is 50.6 Å². The molecule has 2 N–H and O–H groups in total. The van der Waals surface area contributed by atoms with E-state index in [1.165, 1.54) is 17.0 Å². The molecule has 1 aromatic heterocycles. The molecule has 0 saturated carbocycles. The van der Waals surface area contributed by atoms with Crippen molar-refractivity contribution in [3.05, 3.63) is 76.5 Å². The molecule has 1 saturated heterocycles. The van der Waals surface area contributed by atoms with E-state index in [0.717, 1.165) is 15.0 Å². The summed E-state index contributed by atoms with van der Waals surface area (Å²) < 4.78 is 27.0. The number of anilines is 1. The van der Waals surface area contributed by atoms with Crippen LogP contribution in [0.3, 0.4) is 0 Å². The van der Waals surface area contributed by atoms with Crippen molar-refractivity contribution in [3.63, 3.8) is 0 Å². The maximum atomic E-state index is 13.0. The van der Waals surface area contributed by atoms with Gasteiger partial charge in [-0.3, -0.25) is 9.59 Å². The van der Waals surface area contributed by atoms with Gasteiger partial charge in [-0.25, -0.2) is 8.42 Å². The van der Waals surface area contributed by atoms with Gasteiger partial charge in [0.2, 0.25) is 15.9 Å². The predicted octanol–water partition coefficient (Wildman–Crippen LogP) is 3.41. The summed E-state index contributed by atoms with van der Waals surface area (Å²) in [4.78, 5) is 26.7.